The first-order valence-corrected chi connectivity index (χ1v) is 8.57. The molecule has 1 aliphatic rings. The number of carbonyl (C=O) groups excluding carboxylic acids is 1. The Labute approximate surface area is 182 Å². The van der Waals surface area contributed by atoms with E-state index in [-0.39, 0.29) is 69.4 Å². The van der Waals surface area contributed by atoms with Gasteiger partial charge in [-0.3, -0.25) is 4.79 Å². The molecule has 24 heavy (non-hydrogen) atoms. The molecule has 0 bridgehead atoms. The van der Waals surface area contributed by atoms with Crippen molar-refractivity contribution in [3.8, 4) is 11.5 Å². The van der Waals surface area contributed by atoms with Crippen molar-refractivity contribution in [1.29, 1.82) is 0 Å². The van der Waals surface area contributed by atoms with Gasteiger partial charge in [-0.05, 0) is 41.5 Å². The zero-order chi connectivity index (χ0) is 16.6. The molecule has 3 rings (SSSR count). The van der Waals surface area contributed by atoms with Gasteiger partial charge in [-0.2, -0.15) is 8.42 Å². The second kappa shape index (κ2) is 7.59. The fourth-order valence-corrected chi connectivity index (χ4v) is 3.58. The van der Waals surface area contributed by atoms with E-state index in [1.54, 1.807) is 18.2 Å². The number of nitrogens with one attached hydrogen (secondary N) is 1. The number of phenolic OH excluding ortho intramolecular Hbond substituents is 1. The average molecular weight is 376 g/mol. The number of aromatic hydroxyl groups is 1. The molecule has 124 valence electrons. The monoisotopic (exact) mass is 376 g/mol. The summed E-state index contributed by atoms with van der Waals surface area (Å²) < 4.78 is 32.1. The Bertz CT molecular complexity index is 885. The maximum absolute atomic E-state index is 11.9. The van der Waals surface area contributed by atoms with Crippen LogP contribution in [0.5, 0.6) is 11.5 Å². The van der Waals surface area contributed by atoms with Gasteiger partial charge >= 0.3 is 61.6 Å². The Hall–Kier alpha value is -0.844. The van der Waals surface area contributed by atoms with Crippen LogP contribution >= 0.6 is 0 Å². The van der Waals surface area contributed by atoms with Crippen molar-refractivity contribution in [2.75, 3.05) is 17.5 Å². The van der Waals surface area contributed by atoms with Crippen LogP contribution in [-0.4, -0.2) is 84.0 Å². The molecule has 2 aromatic carbocycles. The molecule has 0 aromatic heterocycles. The van der Waals surface area contributed by atoms with E-state index in [1.807, 2.05) is 11.6 Å². The number of nitrogens with zero attached hydrogens (tertiary/aromatic N) is 1. The zero-order valence-corrected chi connectivity index (χ0v) is 13.3. The fourth-order valence-electron chi connectivity index (χ4n) is 2.42. The summed E-state index contributed by atoms with van der Waals surface area (Å²) in [5.74, 6) is -0.182. The van der Waals surface area contributed by atoms with Crippen LogP contribution in [0.4, 0.5) is 5.69 Å². The topological polar surface area (TPSA) is 95.9 Å². The van der Waals surface area contributed by atoms with Crippen molar-refractivity contribution >= 4 is 84.0 Å². The molecular formula is C15H17KN2O5S. The van der Waals surface area contributed by atoms with E-state index in [4.69, 9.17) is 4.74 Å². The Balaban J connectivity index is 0.00000208. The minimum absolute atomic E-state index is 0. The van der Waals surface area contributed by atoms with Crippen LogP contribution < -0.4 is 13.8 Å². The summed E-state index contributed by atoms with van der Waals surface area (Å²) in [6.07, 6.45) is 0.874. The van der Waals surface area contributed by atoms with Gasteiger partial charge < -0.3 is 9.84 Å². The number of ether oxygens (including phenoxy) is 1. The molecule has 0 aliphatic carbocycles. The van der Waals surface area contributed by atoms with Crippen molar-refractivity contribution in [2.45, 2.75) is 13.3 Å². The molecule has 0 spiro atoms. The standard InChI is InChI=1S/C15H16N2O5S.K.H/c1-2-5-22-12-4-3-10-8-14(18)13(7-11(10)6-12)17-9-15(19)16-23(17,20)21;;/h3-4,6-8,18H,2,5,9H2,1H3,(H,16,19);;. The second-order valence-electron chi connectivity index (χ2n) is 5.24. The van der Waals surface area contributed by atoms with E-state index in [0.717, 1.165) is 16.1 Å². The molecule has 7 nitrogen and oxygen atoms in total. The van der Waals surface area contributed by atoms with Crippen LogP contribution in [0.3, 0.4) is 0 Å². The van der Waals surface area contributed by atoms with Crippen LogP contribution in [-0.2, 0) is 15.0 Å². The predicted molar refractivity (Wildman–Crippen MR) is 93.0 cm³/mol. The van der Waals surface area contributed by atoms with E-state index >= 15 is 0 Å². The quantitative estimate of drug-likeness (QED) is 0.772. The number of fused-ring (bicyclic) bond motifs is 1. The Kier molecular flexibility index (Phi) is 6.16. The summed E-state index contributed by atoms with van der Waals surface area (Å²) in [4.78, 5) is 11.4. The molecule has 2 aromatic rings. The molecule has 1 aliphatic heterocycles. The van der Waals surface area contributed by atoms with Gasteiger partial charge in [0.1, 0.15) is 18.0 Å². The van der Waals surface area contributed by atoms with Gasteiger partial charge in [-0.25, -0.2) is 9.03 Å². The third kappa shape index (κ3) is 3.87. The van der Waals surface area contributed by atoms with Crippen molar-refractivity contribution < 1.29 is 23.1 Å². The van der Waals surface area contributed by atoms with Gasteiger partial charge in [0.15, 0.2) is 0 Å². The summed E-state index contributed by atoms with van der Waals surface area (Å²) in [7, 11) is -3.96. The fraction of sp³-hybridized carbons (Fsp3) is 0.267. The van der Waals surface area contributed by atoms with Gasteiger partial charge in [0.2, 0.25) is 0 Å². The van der Waals surface area contributed by atoms with E-state index in [1.165, 1.54) is 12.1 Å². The first-order valence-electron chi connectivity index (χ1n) is 7.13. The van der Waals surface area contributed by atoms with Gasteiger partial charge in [-0.15, -0.1) is 0 Å². The maximum atomic E-state index is 11.9. The third-order valence-corrected chi connectivity index (χ3v) is 4.86. The molecule has 1 saturated heterocycles. The summed E-state index contributed by atoms with van der Waals surface area (Å²) in [6.45, 7) is 2.22. The van der Waals surface area contributed by atoms with Crippen LogP contribution in [0.15, 0.2) is 30.3 Å². The SMILES string of the molecule is CCCOc1ccc2cc(O)c(N3CC(=O)NS3(=O)=O)cc2c1.[KH]. The molecule has 9 heteroatoms. The molecule has 2 N–H and O–H groups in total. The Morgan fingerprint density at radius 3 is 2.62 bits per heavy atom. The summed E-state index contributed by atoms with van der Waals surface area (Å²) in [6, 6.07) is 8.33. The molecule has 1 fully saturated rings. The van der Waals surface area contributed by atoms with Crippen molar-refractivity contribution in [3.63, 3.8) is 0 Å². The number of anilines is 1. The van der Waals surface area contributed by atoms with E-state index < -0.39 is 16.1 Å². The normalized spacial score (nSPS) is 15.9. The Morgan fingerprint density at radius 1 is 1.25 bits per heavy atom. The Morgan fingerprint density at radius 2 is 2.00 bits per heavy atom. The van der Waals surface area contributed by atoms with Crippen LogP contribution in [0.25, 0.3) is 10.8 Å². The first kappa shape index (κ1) is 19.5. The number of rotatable bonds is 4. The van der Waals surface area contributed by atoms with Crippen LogP contribution in [0.1, 0.15) is 13.3 Å². The zero-order valence-electron chi connectivity index (χ0n) is 12.4. The first-order chi connectivity index (χ1) is 10.9. The van der Waals surface area contributed by atoms with Crippen molar-refractivity contribution in [1.82, 2.24) is 4.72 Å². The molecular weight excluding hydrogens is 359 g/mol. The number of phenols is 1. The summed E-state index contributed by atoms with van der Waals surface area (Å²) >= 11 is 0. The molecule has 0 unspecified atom stereocenters. The number of carbonyl (C=O) groups is 1. The van der Waals surface area contributed by atoms with Gasteiger partial charge in [0.25, 0.3) is 5.91 Å². The van der Waals surface area contributed by atoms with Gasteiger partial charge in [-0.1, -0.05) is 13.0 Å². The molecule has 1 amide bonds. The van der Waals surface area contributed by atoms with E-state index in [0.29, 0.717) is 17.7 Å². The molecule has 0 atom stereocenters. The number of benzene rings is 2. The van der Waals surface area contributed by atoms with Gasteiger partial charge in [0, 0.05) is 0 Å². The van der Waals surface area contributed by atoms with E-state index in [9.17, 15) is 18.3 Å². The second-order valence-corrected chi connectivity index (χ2v) is 6.83. The molecule has 1 heterocycles. The van der Waals surface area contributed by atoms with E-state index in [2.05, 4.69) is 0 Å². The number of amides is 1. The third-order valence-electron chi connectivity index (χ3n) is 3.47. The predicted octanol–water partition coefficient (Wildman–Crippen LogP) is 0.867. The minimum atomic E-state index is -3.96. The van der Waals surface area contributed by atoms with Crippen LogP contribution in [0.2, 0.25) is 0 Å². The summed E-state index contributed by atoms with van der Waals surface area (Å²) in [5, 5.41) is 11.6. The van der Waals surface area contributed by atoms with Crippen LogP contribution in [0, 0.1) is 0 Å². The van der Waals surface area contributed by atoms with Gasteiger partial charge in [0.05, 0.1) is 12.3 Å². The number of hydrogen-bond donors (Lipinski definition) is 2. The van der Waals surface area contributed by atoms with Crippen molar-refractivity contribution in [2.24, 2.45) is 0 Å². The number of hydrogen-bond acceptors (Lipinski definition) is 5. The summed E-state index contributed by atoms with van der Waals surface area (Å²) in [5.41, 5.74) is 0.0588. The average Bonchev–Trinajstić information content (AvgIpc) is 2.77. The molecule has 0 radical (unpaired) electrons. The molecule has 0 saturated carbocycles. The van der Waals surface area contributed by atoms with Crippen molar-refractivity contribution in [3.05, 3.63) is 30.3 Å².